The molecule has 0 saturated carbocycles. The Balaban J connectivity index is 1.74. The quantitative estimate of drug-likeness (QED) is 0.778. The van der Waals surface area contributed by atoms with Crippen LogP contribution in [-0.4, -0.2) is 23.8 Å². The van der Waals surface area contributed by atoms with Gasteiger partial charge in [0.05, 0.1) is 22.2 Å². The molecule has 2 aromatic rings. The first kappa shape index (κ1) is 18.2. The minimum Gasteiger partial charge on any atom is -0.373 e. The van der Waals surface area contributed by atoms with E-state index < -0.39 is 6.04 Å². The number of nitrogens with one attached hydrogen (secondary N) is 2. The van der Waals surface area contributed by atoms with Crippen LogP contribution in [0, 0.1) is 0 Å². The number of nitrogens with zero attached hydrogens (tertiary/aromatic N) is 1. The third-order valence-corrected chi connectivity index (χ3v) is 4.59. The molecule has 1 atom stereocenters. The Morgan fingerprint density at radius 3 is 2.31 bits per heavy atom. The van der Waals surface area contributed by atoms with E-state index in [1.807, 2.05) is 0 Å². The largest absolute Gasteiger partial charge is 0.373 e. The first-order valence-corrected chi connectivity index (χ1v) is 8.57. The highest BCUT2D eigenvalue weighted by atomic mass is 35.5. The van der Waals surface area contributed by atoms with Crippen molar-refractivity contribution in [1.29, 1.82) is 0 Å². The van der Waals surface area contributed by atoms with Crippen LogP contribution >= 0.6 is 23.2 Å². The molecule has 2 N–H and O–H groups in total. The molecule has 0 unspecified atom stereocenters. The van der Waals surface area contributed by atoms with Gasteiger partial charge in [0, 0.05) is 18.3 Å². The molecule has 0 bridgehead atoms. The summed E-state index contributed by atoms with van der Waals surface area (Å²) in [7, 11) is 0. The van der Waals surface area contributed by atoms with Crippen molar-refractivity contribution in [2.45, 2.75) is 19.4 Å². The van der Waals surface area contributed by atoms with Crippen molar-refractivity contribution >= 4 is 58.0 Å². The van der Waals surface area contributed by atoms with Crippen LogP contribution in [0.2, 0.25) is 10.0 Å². The van der Waals surface area contributed by atoms with Gasteiger partial charge >= 0.3 is 0 Å². The van der Waals surface area contributed by atoms with Crippen molar-refractivity contribution in [2.75, 3.05) is 15.5 Å². The summed E-state index contributed by atoms with van der Waals surface area (Å²) in [5.74, 6) is -0.848. The summed E-state index contributed by atoms with van der Waals surface area (Å²) >= 11 is 11.9. The third-order valence-electron chi connectivity index (χ3n) is 3.85. The van der Waals surface area contributed by atoms with Crippen molar-refractivity contribution in [2.24, 2.45) is 0 Å². The van der Waals surface area contributed by atoms with Gasteiger partial charge in [-0.2, -0.15) is 0 Å². The maximum Gasteiger partial charge on any atom is 0.256 e. The second-order valence-electron chi connectivity index (χ2n) is 5.83. The van der Waals surface area contributed by atoms with Crippen molar-refractivity contribution in [1.82, 2.24) is 0 Å². The Morgan fingerprint density at radius 2 is 1.69 bits per heavy atom. The molecule has 1 heterocycles. The highest BCUT2D eigenvalue weighted by Gasteiger charge is 2.39. The topological polar surface area (TPSA) is 78.5 Å². The second kappa shape index (κ2) is 7.35. The number of hydrogen-bond donors (Lipinski definition) is 2. The monoisotopic (exact) mass is 391 g/mol. The van der Waals surface area contributed by atoms with Crippen LogP contribution in [0.15, 0.2) is 42.5 Å². The number of rotatable bonds is 4. The van der Waals surface area contributed by atoms with Gasteiger partial charge in [0.2, 0.25) is 11.8 Å². The van der Waals surface area contributed by atoms with Crippen molar-refractivity contribution in [3.63, 3.8) is 0 Å². The maximum atomic E-state index is 12.6. The number of halogens is 2. The van der Waals surface area contributed by atoms with Crippen molar-refractivity contribution < 1.29 is 14.4 Å². The average Bonchev–Trinajstić information content (AvgIpc) is 2.85. The Labute approximate surface area is 160 Å². The summed E-state index contributed by atoms with van der Waals surface area (Å²) in [5, 5.41) is 6.33. The SMILES string of the molecule is CC(=O)Nc1ccc(N[C@H]2CC(=O)N(c3ccc(Cl)c(Cl)c3)C2=O)cc1. The van der Waals surface area contributed by atoms with Gasteiger partial charge in [-0.1, -0.05) is 23.2 Å². The Kier molecular flexibility index (Phi) is 5.15. The minimum atomic E-state index is -0.677. The van der Waals surface area contributed by atoms with E-state index in [1.54, 1.807) is 36.4 Å². The third kappa shape index (κ3) is 3.81. The standard InChI is InChI=1S/C18H15Cl2N3O3/c1-10(24)21-11-2-4-12(5-3-11)22-16-9-17(25)23(18(16)26)13-6-7-14(19)15(20)8-13/h2-8,16,22H,9H2,1H3,(H,21,24)/t16-/m0/s1. The van der Waals surface area contributed by atoms with Crippen LogP contribution in [0.25, 0.3) is 0 Å². The van der Waals surface area contributed by atoms with Crippen LogP contribution in [0.4, 0.5) is 17.1 Å². The molecule has 6 nitrogen and oxygen atoms in total. The van der Waals surface area contributed by atoms with Crippen LogP contribution in [0.5, 0.6) is 0 Å². The number of carbonyl (C=O) groups is 3. The van der Waals surface area contributed by atoms with Gasteiger partial charge in [-0.05, 0) is 42.5 Å². The van der Waals surface area contributed by atoms with Gasteiger partial charge in [0.15, 0.2) is 0 Å². The fourth-order valence-corrected chi connectivity index (χ4v) is 2.99. The van der Waals surface area contributed by atoms with E-state index in [0.717, 1.165) is 4.90 Å². The Hall–Kier alpha value is -2.57. The van der Waals surface area contributed by atoms with E-state index in [-0.39, 0.29) is 29.2 Å². The molecule has 134 valence electrons. The highest BCUT2D eigenvalue weighted by molar-refractivity contribution is 6.42. The lowest BCUT2D eigenvalue weighted by Crippen LogP contribution is -2.34. The summed E-state index contributed by atoms with van der Waals surface area (Å²) < 4.78 is 0. The molecule has 1 aliphatic heterocycles. The molecule has 1 fully saturated rings. The summed E-state index contributed by atoms with van der Waals surface area (Å²) in [6.07, 6.45) is 0.0343. The molecule has 1 saturated heterocycles. The smallest absolute Gasteiger partial charge is 0.256 e. The number of hydrogen-bond acceptors (Lipinski definition) is 4. The van der Waals surface area contributed by atoms with Gasteiger partial charge in [0.25, 0.3) is 5.91 Å². The fourth-order valence-electron chi connectivity index (χ4n) is 2.69. The van der Waals surface area contributed by atoms with Gasteiger partial charge in [-0.25, -0.2) is 4.90 Å². The predicted molar refractivity (Wildman–Crippen MR) is 102 cm³/mol. The van der Waals surface area contributed by atoms with Gasteiger partial charge in [-0.3, -0.25) is 14.4 Å². The Morgan fingerprint density at radius 1 is 1.04 bits per heavy atom. The lowest BCUT2D eigenvalue weighted by Gasteiger charge is -2.17. The summed E-state index contributed by atoms with van der Waals surface area (Å²) in [5.41, 5.74) is 1.70. The molecule has 2 aromatic carbocycles. The number of imide groups is 1. The van der Waals surface area contributed by atoms with Gasteiger partial charge in [0.1, 0.15) is 6.04 Å². The summed E-state index contributed by atoms with van der Waals surface area (Å²) in [4.78, 5) is 37.1. The predicted octanol–water partition coefficient (Wildman–Crippen LogP) is 3.70. The van der Waals surface area contributed by atoms with Crippen LogP contribution in [-0.2, 0) is 14.4 Å². The molecule has 0 radical (unpaired) electrons. The lowest BCUT2D eigenvalue weighted by atomic mass is 10.2. The average molecular weight is 392 g/mol. The molecule has 3 rings (SSSR count). The zero-order valence-electron chi connectivity index (χ0n) is 13.8. The van der Waals surface area contributed by atoms with E-state index in [9.17, 15) is 14.4 Å². The van der Waals surface area contributed by atoms with Gasteiger partial charge in [-0.15, -0.1) is 0 Å². The second-order valence-corrected chi connectivity index (χ2v) is 6.64. The minimum absolute atomic E-state index is 0.0343. The van der Waals surface area contributed by atoms with E-state index >= 15 is 0 Å². The molecule has 0 aromatic heterocycles. The first-order chi connectivity index (χ1) is 12.3. The van der Waals surface area contributed by atoms with Crippen LogP contribution in [0.3, 0.4) is 0 Å². The van der Waals surface area contributed by atoms with E-state index in [2.05, 4.69) is 10.6 Å². The van der Waals surface area contributed by atoms with Crippen molar-refractivity contribution in [3.05, 3.63) is 52.5 Å². The normalized spacial score (nSPS) is 16.7. The van der Waals surface area contributed by atoms with Crippen LogP contribution < -0.4 is 15.5 Å². The van der Waals surface area contributed by atoms with E-state index in [0.29, 0.717) is 22.1 Å². The van der Waals surface area contributed by atoms with Gasteiger partial charge < -0.3 is 10.6 Å². The molecule has 26 heavy (non-hydrogen) atoms. The van der Waals surface area contributed by atoms with Crippen molar-refractivity contribution in [3.8, 4) is 0 Å². The Bertz CT molecular complexity index is 884. The fraction of sp³-hybridized carbons (Fsp3) is 0.167. The maximum absolute atomic E-state index is 12.6. The first-order valence-electron chi connectivity index (χ1n) is 7.81. The number of carbonyl (C=O) groups excluding carboxylic acids is 3. The number of amides is 3. The van der Waals surface area contributed by atoms with E-state index in [4.69, 9.17) is 23.2 Å². The van der Waals surface area contributed by atoms with Crippen LogP contribution in [0.1, 0.15) is 13.3 Å². The summed E-state index contributed by atoms with van der Waals surface area (Å²) in [6.45, 7) is 1.42. The zero-order chi connectivity index (χ0) is 18.8. The lowest BCUT2D eigenvalue weighted by molar-refractivity contribution is -0.121. The molecular weight excluding hydrogens is 377 g/mol. The zero-order valence-corrected chi connectivity index (χ0v) is 15.3. The molecule has 8 heteroatoms. The molecule has 1 aliphatic rings. The van der Waals surface area contributed by atoms with E-state index in [1.165, 1.54) is 13.0 Å². The molecule has 0 spiro atoms. The molecule has 3 amide bonds. The summed E-state index contributed by atoms with van der Waals surface area (Å²) in [6, 6.07) is 10.8. The number of anilines is 3. The highest BCUT2D eigenvalue weighted by Crippen LogP contribution is 2.31. The molecule has 0 aliphatic carbocycles. The molecular formula is C18H15Cl2N3O3. The number of benzene rings is 2.